The summed E-state index contributed by atoms with van der Waals surface area (Å²) in [4.78, 5) is 5.72. The molecule has 0 aliphatic heterocycles. The zero-order valence-electron chi connectivity index (χ0n) is 19.4. The van der Waals surface area contributed by atoms with E-state index in [1.807, 2.05) is 0 Å². The van der Waals surface area contributed by atoms with Crippen LogP contribution in [0.1, 0.15) is 11.1 Å². The van der Waals surface area contributed by atoms with Crippen LogP contribution < -0.4 is 4.72 Å². The van der Waals surface area contributed by atoms with Crippen molar-refractivity contribution in [1.82, 2.24) is 19.7 Å². The molecule has 4 rings (SSSR count). The molecule has 2 N–H and O–H groups in total. The molecule has 4 aromatic rings. The molecule has 1 aromatic heterocycles. The average Bonchev–Trinajstić information content (AvgIpc) is 3.32. The number of halogens is 2. The summed E-state index contributed by atoms with van der Waals surface area (Å²) < 4.78 is 57.3. The number of nitrogens with one attached hydrogen (secondary N) is 1. The molecule has 0 fully saturated rings. The van der Waals surface area contributed by atoms with Gasteiger partial charge in [-0.15, -0.1) is 0 Å². The Kier molecular flexibility index (Phi) is 7.43. The van der Waals surface area contributed by atoms with E-state index in [-0.39, 0.29) is 23.5 Å². The maximum Gasteiger partial charge on any atom is 0.261 e. The summed E-state index contributed by atoms with van der Waals surface area (Å²) in [5, 5.41) is 15.5. The van der Waals surface area contributed by atoms with Crippen LogP contribution >= 0.6 is 0 Å². The third-order valence-corrected chi connectivity index (χ3v) is 6.96. The van der Waals surface area contributed by atoms with Gasteiger partial charge in [-0.05, 0) is 42.9 Å². The number of aliphatic hydroxyl groups is 1. The first-order valence-corrected chi connectivity index (χ1v) is 12.5. The lowest BCUT2D eigenvalue weighted by molar-refractivity contribution is -0.0175. The standard InChI is InChI=1S/C25H25F2N5O3S/c1-31(14-19-7-10-22(11-8-19)36(34,35)30-21-5-3-2-4-6-21)15-25(33,16-32-18-28-17-29-32)23-12-9-20(26)13-24(23)27/h2-13,17-18,30,33H,14-16H2,1H3. The molecule has 1 atom stereocenters. The van der Waals surface area contributed by atoms with Crippen molar-refractivity contribution in [3.63, 3.8) is 0 Å². The SMILES string of the molecule is CN(Cc1ccc(S(=O)(=O)Nc2ccccc2)cc1)CC(O)(Cn1cncn1)c1ccc(F)cc1F. The zero-order valence-corrected chi connectivity index (χ0v) is 20.2. The summed E-state index contributed by atoms with van der Waals surface area (Å²) in [5.74, 6) is -1.61. The van der Waals surface area contributed by atoms with Crippen LogP contribution in [0.5, 0.6) is 0 Å². The van der Waals surface area contributed by atoms with Crippen molar-refractivity contribution in [2.45, 2.75) is 23.6 Å². The number of sulfonamides is 1. The number of para-hydroxylation sites is 1. The molecule has 0 aliphatic carbocycles. The molecular formula is C25H25F2N5O3S. The van der Waals surface area contributed by atoms with Gasteiger partial charge in [0.15, 0.2) is 0 Å². The highest BCUT2D eigenvalue weighted by atomic mass is 32.2. The predicted octanol–water partition coefficient (Wildman–Crippen LogP) is 3.38. The van der Waals surface area contributed by atoms with E-state index in [9.17, 15) is 22.3 Å². The highest BCUT2D eigenvalue weighted by Gasteiger charge is 2.35. The third kappa shape index (κ3) is 6.11. The van der Waals surface area contributed by atoms with Crippen molar-refractivity contribution in [3.8, 4) is 0 Å². The van der Waals surface area contributed by atoms with Gasteiger partial charge in [-0.2, -0.15) is 5.10 Å². The van der Waals surface area contributed by atoms with Crippen LogP contribution in [-0.4, -0.2) is 46.8 Å². The van der Waals surface area contributed by atoms with E-state index < -0.39 is 27.3 Å². The Morgan fingerprint density at radius 2 is 1.78 bits per heavy atom. The molecular weight excluding hydrogens is 488 g/mol. The molecule has 0 amide bonds. The maximum absolute atomic E-state index is 14.6. The van der Waals surface area contributed by atoms with Crippen LogP contribution in [0.4, 0.5) is 14.5 Å². The van der Waals surface area contributed by atoms with Gasteiger partial charge in [0.1, 0.15) is 29.9 Å². The van der Waals surface area contributed by atoms with E-state index in [0.29, 0.717) is 12.2 Å². The fourth-order valence-corrected chi connectivity index (χ4v) is 5.04. The molecule has 11 heteroatoms. The summed E-state index contributed by atoms with van der Waals surface area (Å²) in [6.45, 7) is 0.197. The Morgan fingerprint density at radius 1 is 1.06 bits per heavy atom. The molecule has 36 heavy (non-hydrogen) atoms. The summed E-state index contributed by atoms with van der Waals surface area (Å²) in [6.07, 6.45) is 2.70. The monoisotopic (exact) mass is 513 g/mol. The van der Waals surface area contributed by atoms with Crippen molar-refractivity contribution < 1.29 is 22.3 Å². The lowest BCUT2D eigenvalue weighted by atomic mass is 9.92. The Hall–Kier alpha value is -3.67. The fourth-order valence-electron chi connectivity index (χ4n) is 3.98. The van der Waals surface area contributed by atoms with Gasteiger partial charge >= 0.3 is 0 Å². The van der Waals surface area contributed by atoms with Crippen LogP contribution in [0.2, 0.25) is 0 Å². The van der Waals surface area contributed by atoms with Crippen LogP contribution in [0.3, 0.4) is 0 Å². The summed E-state index contributed by atoms with van der Waals surface area (Å²) in [6, 6.07) is 17.9. The van der Waals surface area contributed by atoms with Gasteiger partial charge in [0.2, 0.25) is 0 Å². The number of rotatable bonds is 10. The zero-order chi connectivity index (χ0) is 25.8. The minimum absolute atomic E-state index is 0.0228. The molecule has 0 spiro atoms. The average molecular weight is 514 g/mol. The molecule has 1 heterocycles. The van der Waals surface area contributed by atoms with Crippen molar-refractivity contribution in [2.24, 2.45) is 0 Å². The van der Waals surface area contributed by atoms with E-state index in [1.54, 1.807) is 54.4 Å². The van der Waals surface area contributed by atoms with Gasteiger partial charge in [0.05, 0.1) is 11.4 Å². The Labute approximate surface area is 207 Å². The topological polar surface area (TPSA) is 100 Å². The largest absolute Gasteiger partial charge is 0.382 e. The maximum atomic E-state index is 14.6. The minimum Gasteiger partial charge on any atom is -0.382 e. The summed E-state index contributed by atoms with van der Waals surface area (Å²) in [5.41, 5.74) is -0.581. The van der Waals surface area contributed by atoms with Crippen LogP contribution in [-0.2, 0) is 28.7 Å². The van der Waals surface area contributed by atoms with E-state index in [1.165, 1.54) is 35.5 Å². The fraction of sp³-hybridized carbons (Fsp3) is 0.200. The smallest absolute Gasteiger partial charge is 0.261 e. The van der Waals surface area contributed by atoms with Crippen molar-refractivity contribution in [3.05, 3.63) is 108 Å². The number of hydrogen-bond acceptors (Lipinski definition) is 6. The van der Waals surface area contributed by atoms with Gasteiger partial charge in [0.25, 0.3) is 10.0 Å². The number of anilines is 1. The molecule has 0 radical (unpaired) electrons. The minimum atomic E-state index is -3.75. The third-order valence-electron chi connectivity index (χ3n) is 5.57. The van der Waals surface area contributed by atoms with Gasteiger partial charge in [-0.1, -0.05) is 36.4 Å². The normalized spacial score (nSPS) is 13.5. The predicted molar refractivity (Wildman–Crippen MR) is 130 cm³/mol. The van der Waals surface area contributed by atoms with Crippen molar-refractivity contribution in [1.29, 1.82) is 0 Å². The Bertz CT molecular complexity index is 1400. The van der Waals surface area contributed by atoms with Crippen LogP contribution in [0, 0.1) is 11.6 Å². The number of nitrogens with zero attached hydrogens (tertiary/aromatic N) is 4. The van der Waals surface area contributed by atoms with Gasteiger partial charge < -0.3 is 5.11 Å². The molecule has 8 nitrogen and oxygen atoms in total. The molecule has 1 unspecified atom stereocenters. The van der Waals surface area contributed by atoms with Crippen molar-refractivity contribution >= 4 is 15.7 Å². The van der Waals surface area contributed by atoms with Crippen LogP contribution in [0.25, 0.3) is 0 Å². The number of hydrogen-bond donors (Lipinski definition) is 2. The van der Waals surface area contributed by atoms with Gasteiger partial charge in [-0.25, -0.2) is 26.9 Å². The first-order chi connectivity index (χ1) is 17.1. The van der Waals surface area contributed by atoms with Gasteiger partial charge in [-0.3, -0.25) is 9.62 Å². The first kappa shape index (κ1) is 25.4. The second-order valence-corrected chi connectivity index (χ2v) is 10.2. The summed E-state index contributed by atoms with van der Waals surface area (Å²) >= 11 is 0. The van der Waals surface area contributed by atoms with Crippen molar-refractivity contribution in [2.75, 3.05) is 18.3 Å². The Balaban J connectivity index is 1.49. The highest BCUT2D eigenvalue weighted by Crippen LogP contribution is 2.28. The quantitative estimate of drug-likeness (QED) is 0.337. The van der Waals surface area contributed by atoms with Crippen LogP contribution in [0.15, 0.2) is 90.3 Å². The Morgan fingerprint density at radius 3 is 2.42 bits per heavy atom. The van der Waals surface area contributed by atoms with E-state index in [4.69, 9.17) is 0 Å². The lowest BCUT2D eigenvalue weighted by Crippen LogP contribution is -2.43. The molecule has 3 aromatic carbocycles. The molecule has 0 bridgehead atoms. The van der Waals surface area contributed by atoms with E-state index in [0.717, 1.165) is 17.7 Å². The van der Waals surface area contributed by atoms with Gasteiger partial charge in [0, 0.05) is 30.4 Å². The molecule has 0 saturated carbocycles. The summed E-state index contributed by atoms with van der Waals surface area (Å²) in [7, 11) is -2.02. The number of likely N-dealkylation sites (N-methyl/N-ethyl adjacent to an activating group) is 1. The van der Waals surface area contributed by atoms with E-state index in [2.05, 4.69) is 14.8 Å². The second-order valence-electron chi connectivity index (χ2n) is 8.54. The number of benzene rings is 3. The molecule has 0 aliphatic rings. The highest BCUT2D eigenvalue weighted by molar-refractivity contribution is 7.92. The van der Waals surface area contributed by atoms with E-state index >= 15 is 0 Å². The molecule has 188 valence electrons. The number of aromatic nitrogens is 3. The molecule has 0 saturated heterocycles. The lowest BCUT2D eigenvalue weighted by Gasteiger charge is -2.33. The first-order valence-electron chi connectivity index (χ1n) is 11.0. The second kappa shape index (κ2) is 10.5.